The van der Waals surface area contributed by atoms with Gasteiger partial charge in [-0.05, 0) is 122 Å². The molecule has 1 fully saturated rings. The second kappa shape index (κ2) is 31.8. The van der Waals surface area contributed by atoms with Gasteiger partial charge in [-0.2, -0.15) is 0 Å². The van der Waals surface area contributed by atoms with E-state index in [-0.39, 0.29) is 18.5 Å². The molecule has 3 nitrogen and oxygen atoms in total. The molecule has 0 aromatic rings. The lowest BCUT2D eigenvalue weighted by Crippen LogP contribution is -2.31. The standard InChI is InChI=1S/C41H74O3/c1-3-5-7-9-11-13-15-17-19-21-23-25-27-29-31-33-37-41(43-39-40(44-41)35-34-38-42)36-32-30-28-26-24-22-20-18-16-14-12-10-8-6-4-2/h10-13,22-25,40,42H,3-9,14-21,26-39H2,1-2H3/b12-10-,13-11-,24-22-,25-23-/t40-,41?/m0/s1. The highest BCUT2D eigenvalue weighted by Crippen LogP contribution is 2.35. The van der Waals surface area contributed by atoms with Crippen LogP contribution in [0.5, 0.6) is 0 Å². The van der Waals surface area contributed by atoms with Gasteiger partial charge in [-0.1, -0.05) is 101 Å². The minimum absolute atomic E-state index is 0.149. The van der Waals surface area contributed by atoms with Crippen molar-refractivity contribution < 1.29 is 14.6 Å². The van der Waals surface area contributed by atoms with Crippen LogP contribution in [0.2, 0.25) is 0 Å². The molecule has 0 radical (unpaired) electrons. The number of rotatable bonds is 32. The molecule has 44 heavy (non-hydrogen) atoms. The average molecular weight is 615 g/mol. The van der Waals surface area contributed by atoms with E-state index in [0.717, 1.165) is 25.7 Å². The maximum Gasteiger partial charge on any atom is 0.168 e. The minimum atomic E-state index is -0.388. The Morgan fingerprint density at radius 2 is 0.886 bits per heavy atom. The van der Waals surface area contributed by atoms with E-state index in [1.165, 1.54) is 148 Å². The summed E-state index contributed by atoms with van der Waals surface area (Å²) in [5.74, 6) is -0.388. The van der Waals surface area contributed by atoms with Gasteiger partial charge in [0, 0.05) is 19.4 Å². The average Bonchev–Trinajstić information content (AvgIpc) is 3.44. The van der Waals surface area contributed by atoms with Crippen molar-refractivity contribution in [3.63, 3.8) is 0 Å². The SMILES string of the molecule is CCCC/C=C\CCCC/C=C\CCCCCC1(CCCCC/C=C\CCCC/C=C\CCCCC)OC[C@H](CCCO)O1. The molecule has 1 saturated heterocycles. The number of hydrogen-bond donors (Lipinski definition) is 1. The van der Waals surface area contributed by atoms with E-state index in [0.29, 0.717) is 6.61 Å². The zero-order valence-corrected chi connectivity index (χ0v) is 29.5. The summed E-state index contributed by atoms with van der Waals surface area (Å²) in [7, 11) is 0. The van der Waals surface area contributed by atoms with Gasteiger partial charge < -0.3 is 14.6 Å². The molecular weight excluding hydrogens is 540 g/mol. The second-order valence-electron chi connectivity index (χ2n) is 13.1. The molecule has 0 aromatic heterocycles. The monoisotopic (exact) mass is 615 g/mol. The quantitative estimate of drug-likeness (QED) is 0.0605. The normalized spacial score (nSPS) is 19.2. The van der Waals surface area contributed by atoms with Crippen LogP contribution >= 0.6 is 0 Å². The molecule has 256 valence electrons. The van der Waals surface area contributed by atoms with Gasteiger partial charge in [-0.3, -0.25) is 0 Å². The van der Waals surface area contributed by atoms with Crippen LogP contribution in [0, 0.1) is 0 Å². The Labute approximate surface area is 275 Å². The Hall–Kier alpha value is -1.16. The molecule has 0 saturated carbocycles. The Morgan fingerprint density at radius 1 is 0.500 bits per heavy atom. The molecule has 1 N–H and O–H groups in total. The van der Waals surface area contributed by atoms with Crippen LogP contribution in [-0.4, -0.2) is 30.2 Å². The van der Waals surface area contributed by atoms with E-state index in [1.807, 2.05) is 0 Å². The summed E-state index contributed by atoms with van der Waals surface area (Å²) in [4.78, 5) is 0. The van der Waals surface area contributed by atoms with Crippen LogP contribution < -0.4 is 0 Å². The van der Waals surface area contributed by atoms with Crippen LogP contribution in [0.25, 0.3) is 0 Å². The van der Waals surface area contributed by atoms with Crippen LogP contribution in [0.4, 0.5) is 0 Å². The number of aliphatic hydroxyl groups excluding tert-OH is 1. The first-order valence-electron chi connectivity index (χ1n) is 19.3. The second-order valence-corrected chi connectivity index (χ2v) is 13.1. The van der Waals surface area contributed by atoms with Gasteiger partial charge in [-0.15, -0.1) is 0 Å². The van der Waals surface area contributed by atoms with Crippen molar-refractivity contribution in [2.75, 3.05) is 13.2 Å². The van der Waals surface area contributed by atoms with E-state index in [4.69, 9.17) is 9.47 Å². The molecule has 1 aliphatic heterocycles. The van der Waals surface area contributed by atoms with Crippen LogP contribution in [-0.2, 0) is 9.47 Å². The molecule has 0 aromatic carbocycles. The topological polar surface area (TPSA) is 38.7 Å². The van der Waals surface area contributed by atoms with E-state index in [2.05, 4.69) is 62.5 Å². The highest BCUT2D eigenvalue weighted by Gasteiger charge is 2.40. The van der Waals surface area contributed by atoms with E-state index >= 15 is 0 Å². The molecule has 3 heteroatoms. The van der Waals surface area contributed by atoms with Gasteiger partial charge in [0.2, 0.25) is 0 Å². The fourth-order valence-corrected chi connectivity index (χ4v) is 5.96. The Morgan fingerprint density at radius 3 is 1.30 bits per heavy atom. The highest BCUT2D eigenvalue weighted by molar-refractivity contribution is 4.86. The molecule has 0 amide bonds. The number of aliphatic hydroxyl groups is 1. The van der Waals surface area contributed by atoms with Gasteiger partial charge in [0.1, 0.15) is 0 Å². The number of unbranched alkanes of at least 4 members (excludes halogenated alkanes) is 17. The third kappa shape index (κ3) is 25.1. The highest BCUT2D eigenvalue weighted by atomic mass is 16.7. The molecule has 1 rings (SSSR count). The van der Waals surface area contributed by atoms with Gasteiger partial charge in [-0.25, -0.2) is 0 Å². The summed E-state index contributed by atoms with van der Waals surface area (Å²) in [6, 6.07) is 0. The summed E-state index contributed by atoms with van der Waals surface area (Å²) in [5.41, 5.74) is 0. The van der Waals surface area contributed by atoms with Crippen molar-refractivity contribution in [1.82, 2.24) is 0 Å². The van der Waals surface area contributed by atoms with Crippen molar-refractivity contribution in [2.24, 2.45) is 0 Å². The summed E-state index contributed by atoms with van der Waals surface area (Å²) >= 11 is 0. The zero-order chi connectivity index (χ0) is 31.7. The van der Waals surface area contributed by atoms with Crippen molar-refractivity contribution in [2.45, 2.75) is 199 Å². The predicted molar refractivity (Wildman–Crippen MR) is 193 cm³/mol. The maximum atomic E-state index is 9.26. The van der Waals surface area contributed by atoms with Crippen molar-refractivity contribution >= 4 is 0 Å². The van der Waals surface area contributed by atoms with Crippen molar-refractivity contribution in [3.05, 3.63) is 48.6 Å². The predicted octanol–water partition coefficient (Wildman–Crippen LogP) is 12.9. The molecule has 1 heterocycles. The number of ether oxygens (including phenoxy) is 2. The van der Waals surface area contributed by atoms with Crippen LogP contribution in [0.1, 0.15) is 187 Å². The molecule has 0 bridgehead atoms. The minimum Gasteiger partial charge on any atom is -0.396 e. The number of hydrogen-bond acceptors (Lipinski definition) is 3. The summed E-state index contributed by atoms with van der Waals surface area (Å²) in [5, 5.41) is 9.26. The Bertz CT molecular complexity index is 709. The summed E-state index contributed by atoms with van der Waals surface area (Å²) in [6.45, 7) is 5.45. The number of allylic oxidation sites excluding steroid dienone is 8. The molecular formula is C41H74O3. The molecule has 0 aliphatic carbocycles. The van der Waals surface area contributed by atoms with Crippen molar-refractivity contribution in [1.29, 1.82) is 0 Å². The maximum absolute atomic E-state index is 9.26. The van der Waals surface area contributed by atoms with E-state index in [9.17, 15) is 5.11 Å². The summed E-state index contributed by atoms with van der Waals surface area (Å²) < 4.78 is 12.9. The first-order valence-corrected chi connectivity index (χ1v) is 19.3. The first kappa shape index (κ1) is 40.9. The fourth-order valence-electron chi connectivity index (χ4n) is 5.96. The zero-order valence-electron chi connectivity index (χ0n) is 29.5. The van der Waals surface area contributed by atoms with Crippen LogP contribution in [0.3, 0.4) is 0 Å². The van der Waals surface area contributed by atoms with Crippen molar-refractivity contribution in [3.8, 4) is 0 Å². The Balaban J connectivity index is 2.15. The van der Waals surface area contributed by atoms with Gasteiger partial charge in [0.25, 0.3) is 0 Å². The molecule has 2 atom stereocenters. The summed E-state index contributed by atoms with van der Waals surface area (Å²) in [6.07, 6.45) is 51.9. The Kier molecular flexibility index (Phi) is 29.5. The third-order valence-electron chi connectivity index (χ3n) is 8.80. The molecule has 1 unspecified atom stereocenters. The van der Waals surface area contributed by atoms with E-state index in [1.54, 1.807) is 0 Å². The third-order valence-corrected chi connectivity index (χ3v) is 8.80. The van der Waals surface area contributed by atoms with Gasteiger partial charge >= 0.3 is 0 Å². The lowest BCUT2D eigenvalue weighted by Gasteiger charge is -2.28. The molecule has 0 spiro atoms. The molecule has 1 aliphatic rings. The van der Waals surface area contributed by atoms with Crippen LogP contribution in [0.15, 0.2) is 48.6 Å². The van der Waals surface area contributed by atoms with E-state index < -0.39 is 0 Å². The smallest absolute Gasteiger partial charge is 0.168 e. The first-order chi connectivity index (χ1) is 21.8. The fraction of sp³-hybridized carbons (Fsp3) is 0.805. The largest absolute Gasteiger partial charge is 0.396 e. The van der Waals surface area contributed by atoms with Gasteiger partial charge in [0.05, 0.1) is 12.7 Å². The van der Waals surface area contributed by atoms with Gasteiger partial charge in [0.15, 0.2) is 5.79 Å². The lowest BCUT2D eigenvalue weighted by molar-refractivity contribution is -0.180. The lowest BCUT2D eigenvalue weighted by atomic mass is 9.99.